The molecule has 2 rings (SSSR count). The van der Waals surface area contributed by atoms with E-state index < -0.39 is 11.7 Å². The molecule has 0 aliphatic rings. The number of benzene rings is 2. The van der Waals surface area contributed by atoms with Crippen LogP contribution in [0.5, 0.6) is 0 Å². The molecule has 0 unspecified atom stereocenters. The Hall–Kier alpha value is -3.35. The molecule has 0 aliphatic heterocycles. The van der Waals surface area contributed by atoms with E-state index in [4.69, 9.17) is 4.74 Å². The Morgan fingerprint density at radius 1 is 0.867 bits per heavy atom. The summed E-state index contributed by atoms with van der Waals surface area (Å²) in [6.07, 6.45) is 0.415. The number of amides is 3. The van der Waals surface area contributed by atoms with Gasteiger partial charge >= 0.3 is 6.09 Å². The van der Waals surface area contributed by atoms with Gasteiger partial charge in [0.25, 0.3) is 0 Å². The van der Waals surface area contributed by atoms with Crippen molar-refractivity contribution in [3.8, 4) is 0 Å². The van der Waals surface area contributed by atoms with E-state index in [1.807, 2.05) is 31.2 Å². The van der Waals surface area contributed by atoms with Gasteiger partial charge in [0.15, 0.2) is 0 Å². The van der Waals surface area contributed by atoms with Crippen molar-refractivity contribution in [3.05, 3.63) is 59.7 Å². The number of hydrogen-bond acceptors (Lipinski definition) is 4. The number of anilines is 2. The Bertz CT molecular complexity index is 886. The molecule has 0 spiro atoms. The first-order valence-electron chi connectivity index (χ1n) is 9.83. The molecule has 0 aliphatic carbocycles. The Kier molecular flexibility index (Phi) is 7.98. The van der Waals surface area contributed by atoms with Gasteiger partial charge in [0.2, 0.25) is 11.8 Å². The molecule has 0 heterocycles. The fourth-order valence-electron chi connectivity index (χ4n) is 2.67. The molecule has 0 radical (unpaired) electrons. The average Bonchev–Trinajstić information content (AvgIpc) is 2.66. The second kappa shape index (κ2) is 10.4. The summed E-state index contributed by atoms with van der Waals surface area (Å²) in [6.45, 7) is 7.07. The molecule has 0 aromatic heterocycles. The van der Waals surface area contributed by atoms with E-state index in [2.05, 4.69) is 16.0 Å². The van der Waals surface area contributed by atoms with Gasteiger partial charge in [-0.25, -0.2) is 4.79 Å². The summed E-state index contributed by atoms with van der Waals surface area (Å²) in [6, 6.07) is 14.8. The van der Waals surface area contributed by atoms with E-state index in [9.17, 15) is 14.4 Å². The van der Waals surface area contributed by atoms with Crippen LogP contribution in [-0.2, 0) is 20.7 Å². The Balaban J connectivity index is 1.76. The third kappa shape index (κ3) is 8.34. The molecule has 0 atom stereocenters. The Morgan fingerprint density at radius 2 is 1.43 bits per heavy atom. The number of carbonyl (C=O) groups is 3. The van der Waals surface area contributed by atoms with Crippen LogP contribution in [0.3, 0.4) is 0 Å². The highest BCUT2D eigenvalue weighted by Gasteiger charge is 2.16. The smallest absolute Gasteiger partial charge is 0.408 e. The number of rotatable bonds is 7. The highest BCUT2D eigenvalue weighted by molar-refractivity contribution is 5.95. The molecule has 0 fully saturated rings. The highest BCUT2D eigenvalue weighted by Crippen LogP contribution is 2.15. The molecule has 7 nitrogen and oxygen atoms in total. The first-order chi connectivity index (χ1) is 14.1. The van der Waals surface area contributed by atoms with Gasteiger partial charge in [0.05, 0.1) is 0 Å². The lowest BCUT2D eigenvalue weighted by molar-refractivity contribution is -0.116. The standard InChI is InChI=1S/C23H29N3O4/c1-16-7-5-6-8-17(16)9-14-20(27)25-18-10-12-19(13-11-18)26-21(28)15-24-22(29)30-23(2,3)4/h5-8,10-13H,9,14-15H2,1-4H3,(H,24,29)(H,25,27)(H,26,28). The Labute approximate surface area is 177 Å². The zero-order chi connectivity index (χ0) is 22.1. The lowest BCUT2D eigenvalue weighted by Crippen LogP contribution is -2.37. The molecule has 3 N–H and O–H groups in total. The molecule has 2 aromatic carbocycles. The zero-order valence-electron chi connectivity index (χ0n) is 17.9. The van der Waals surface area contributed by atoms with Crippen molar-refractivity contribution < 1.29 is 19.1 Å². The summed E-state index contributed by atoms with van der Waals surface area (Å²) < 4.78 is 5.08. The molecular formula is C23H29N3O4. The maximum atomic E-state index is 12.2. The number of nitrogens with one attached hydrogen (secondary N) is 3. The summed E-state index contributed by atoms with van der Waals surface area (Å²) in [4.78, 5) is 35.7. The minimum atomic E-state index is -0.651. The molecule has 3 amide bonds. The van der Waals surface area contributed by atoms with Gasteiger partial charge in [-0.1, -0.05) is 24.3 Å². The first-order valence-corrected chi connectivity index (χ1v) is 9.83. The summed E-state index contributed by atoms with van der Waals surface area (Å²) >= 11 is 0. The molecule has 7 heteroatoms. The van der Waals surface area contributed by atoms with Crippen molar-refractivity contribution in [2.24, 2.45) is 0 Å². The topological polar surface area (TPSA) is 96.5 Å². The number of carbonyl (C=O) groups excluding carboxylic acids is 3. The van der Waals surface area contributed by atoms with Crippen LogP contribution in [0.4, 0.5) is 16.2 Å². The molecule has 160 valence electrons. The molecule has 0 saturated heterocycles. The van der Waals surface area contributed by atoms with Crippen LogP contribution in [0.15, 0.2) is 48.5 Å². The van der Waals surface area contributed by atoms with Gasteiger partial charge in [-0.15, -0.1) is 0 Å². The quantitative estimate of drug-likeness (QED) is 0.641. The van der Waals surface area contributed by atoms with Crippen LogP contribution in [0.1, 0.15) is 38.3 Å². The van der Waals surface area contributed by atoms with Crippen LogP contribution in [0.2, 0.25) is 0 Å². The van der Waals surface area contributed by atoms with Crippen LogP contribution in [0, 0.1) is 6.92 Å². The fourth-order valence-corrected chi connectivity index (χ4v) is 2.67. The van der Waals surface area contributed by atoms with E-state index in [1.165, 1.54) is 5.56 Å². The predicted octanol–water partition coefficient (Wildman–Crippen LogP) is 4.03. The normalized spacial score (nSPS) is 10.8. The summed E-state index contributed by atoms with van der Waals surface area (Å²) in [5.41, 5.74) is 2.91. The van der Waals surface area contributed by atoms with Crippen LogP contribution < -0.4 is 16.0 Å². The van der Waals surface area contributed by atoms with Crippen molar-refractivity contribution in [2.45, 2.75) is 46.1 Å². The SMILES string of the molecule is Cc1ccccc1CCC(=O)Nc1ccc(NC(=O)CNC(=O)OC(C)(C)C)cc1. The van der Waals surface area contributed by atoms with Crippen molar-refractivity contribution >= 4 is 29.3 Å². The summed E-state index contributed by atoms with van der Waals surface area (Å²) in [5, 5.41) is 7.92. The van der Waals surface area contributed by atoms with E-state index in [-0.39, 0.29) is 18.4 Å². The fraction of sp³-hybridized carbons (Fsp3) is 0.348. The zero-order valence-corrected chi connectivity index (χ0v) is 17.9. The van der Waals surface area contributed by atoms with Gasteiger partial charge in [-0.2, -0.15) is 0 Å². The maximum Gasteiger partial charge on any atom is 0.408 e. The monoisotopic (exact) mass is 411 g/mol. The van der Waals surface area contributed by atoms with Gasteiger partial charge in [-0.3, -0.25) is 9.59 Å². The van der Waals surface area contributed by atoms with Gasteiger partial charge in [0.1, 0.15) is 12.1 Å². The van der Waals surface area contributed by atoms with E-state index in [1.54, 1.807) is 45.0 Å². The van der Waals surface area contributed by atoms with Crippen LogP contribution >= 0.6 is 0 Å². The highest BCUT2D eigenvalue weighted by atomic mass is 16.6. The van der Waals surface area contributed by atoms with Crippen molar-refractivity contribution in [1.82, 2.24) is 5.32 Å². The van der Waals surface area contributed by atoms with E-state index >= 15 is 0 Å². The second-order valence-electron chi connectivity index (χ2n) is 7.96. The predicted molar refractivity (Wildman–Crippen MR) is 117 cm³/mol. The number of aryl methyl sites for hydroxylation is 2. The Morgan fingerprint density at radius 3 is 2.00 bits per heavy atom. The second-order valence-corrected chi connectivity index (χ2v) is 7.96. The third-order valence-electron chi connectivity index (χ3n) is 4.13. The minimum Gasteiger partial charge on any atom is -0.444 e. The molecule has 0 saturated carbocycles. The lowest BCUT2D eigenvalue weighted by Gasteiger charge is -2.19. The van der Waals surface area contributed by atoms with E-state index in [0.717, 1.165) is 5.56 Å². The maximum absolute atomic E-state index is 12.2. The number of hydrogen-bond donors (Lipinski definition) is 3. The molecule has 30 heavy (non-hydrogen) atoms. The van der Waals surface area contributed by atoms with Crippen LogP contribution in [0.25, 0.3) is 0 Å². The average molecular weight is 412 g/mol. The molecule has 0 bridgehead atoms. The van der Waals surface area contributed by atoms with E-state index in [0.29, 0.717) is 24.2 Å². The third-order valence-corrected chi connectivity index (χ3v) is 4.13. The first kappa shape index (κ1) is 22.9. The summed E-state index contributed by atoms with van der Waals surface area (Å²) in [5.74, 6) is -0.451. The van der Waals surface area contributed by atoms with Gasteiger partial charge in [-0.05, 0) is 69.5 Å². The van der Waals surface area contributed by atoms with Gasteiger partial charge < -0.3 is 20.7 Å². The number of ether oxygens (including phenoxy) is 1. The largest absolute Gasteiger partial charge is 0.444 e. The minimum absolute atomic E-state index is 0.0726. The summed E-state index contributed by atoms with van der Waals surface area (Å²) in [7, 11) is 0. The van der Waals surface area contributed by atoms with Crippen molar-refractivity contribution in [1.29, 1.82) is 0 Å². The molecular weight excluding hydrogens is 382 g/mol. The van der Waals surface area contributed by atoms with Gasteiger partial charge in [0, 0.05) is 17.8 Å². The molecule has 2 aromatic rings. The number of alkyl carbamates (subject to hydrolysis) is 1. The van der Waals surface area contributed by atoms with Crippen molar-refractivity contribution in [2.75, 3.05) is 17.2 Å². The van der Waals surface area contributed by atoms with Crippen molar-refractivity contribution in [3.63, 3.8) is 0 Å². The van der Waals surface area contributed by atoms with Crippen LogP contribution in [-0.4, -0.2) is 30.1 Å². The lowest BCUT2D eigenvalue weighted by atomic mass is 10.0.